The van der Waals surface area contributed by atoms with Crippen molar-refractivity contribution in [2.24, 2.45) is 0 Å². The van der Waals surface area contributed by atoms with Crippen molar-refractivity contribution in [3.8, 4) is 0 Å². The minimum absolute atomic E-state index is 0. The number of rotatable bonds is 4. The molecule has 0 bridgehead atoms. The predicted molar refractivity (Wildman–Crippen MR) is 90.1 cm³/mol. The summed E-state index contributed by atoms with van der Waals surface area (Å²) in [6, 6.07) is 5.82. The van der Waals surface area contributed by atoms with Crippen LogP contribution in [0.15, 0.2) is 24.4 Å². The Hall–Kier alpha value is -0.840. The number of piperidine rings is 1. The first-order chi connectivity index (χ1) is 9.15. The fraction of sp³-hybridized carbons (Fsp3) is 0.600. The van der Waals surface area contributed by atoms with Gasteiger partial charge in [-0.25, -0.2) is 0 Å². The van der Waals surface area contributed by atoms with Crippen molar-refractivity contribution in [1.29, 1.82) is 0 Å². The fourth-order valence-corrected chi connectivity index (χ4v) is 2.60. The molecule has 0 aromatic carbocycles. The van der Waals surface area contributed by atoms with Crippen LogP contribution in [0.3, 0.4) is 0 Å². The van der Waals surface area contributed by atoms with Crippen LogP contribution in [0, 0.1) is 0 Å². The molecule has 1 aromatic heterocycles. The molecule has 6 heteroatoms. The lowest BCUT2D eigenvalue weighted by atomic mass is 9.89. The van der Waals surface area contributed by atoms with Gasteiger partial charge in [-0.15, -0.1) is 24.8 Å². The SMILES string of the molecule is CCN(Cc1ccccn1)C(=O)C1(C)CCCCN1.Cl.Cl. The van der Waals surface area contributed by atoms with Gasteiger partial charge in [0.05, 0.1) is 17.8 Å². The highest BCUT2D eigenvalue weighted by Gasteiger charge is 2.37. The number of hydrogen-bond acceptors (Lipinski definition) is 3. The van der Waals surface area contributed by atoms with Gasteiger partial charge >= 0.3 is 0 Å². The van der Waals surface area contributed by atoms with Gasteiger partial charge in [-0.2, -0.15) is 0 Å². The number of amides is 1. The average Bonchev–Trinajstić information content (AvgIpc) is 2.46. The zero-order chi connectivity index (χ0) is 13.7. The van der Waals surface area contributed by atoms with Crippen molar-refractivity contribution in [1.82, 2.24) is 15.2 Å². The Kier molecular flexibility index (Phi) is 8.86. The Morgan fingerprint density at radius 1 is 1.38 bits per heavy atom. The van der Waals surface area contributed by atoms with E-state index in [1.54, 1.807) is 6.20 Å². The number of aromatic nitrogens is 1. The van der Waals surface area contributed by atoms with Crippen LogP contribution in [0.5, 0.6) is 0 Å². The van der Waals surface area contributed by atoms with E-state index in [4.69, 9.17) is 0 Å². The summed E-state index contributed by atoms with van der Waals surface area (Å²) < 4.78 is 0. The maximum atomic E-state index is 12.7. The number of carbonyl (C=O) groups is 1. The van der Waals surface area contributed by atoms with E-state index < -0.39 is 5.54 Å². The highest BCUT2D eigenvalue weighted by molar-refractivity contribution is 5.86. The van der Waals surface area contributed by atoms with E-state index in [0.717, 1.165) is 31.5 Å². The molecule has 1 aliphatic rings. The minimum Gasteiger partial charge on any atom is -0.335 e. The van der Waals surface area contributed by atoms with Crippen LogP contribution in [0.25, 0.3) is 0 Å². The zero-order valence-corrected chi connectivity index (χ0v) is 14.3. The van der Waals surface area contributed by atoms with Crippen molar-refractivity contribution in [3.63, 3.8) is 0 Å². The number of hydrogen-bond donors (Lipinski definition) is 1. The molecule has 2 rings (SSSR count). The number of halogens is 2. The number of carbonyl (C=O) groups excluding carboxylic acids is 1. The summed E-state index contributed by atoms with van der Waals surface area (Å²) in [6.45, 7) is 6.28. The third kappa shape index (κ3) is 5.13. The lowest BCUT2D eigenvalue weighted by Gasteiger charge is -2.37. The van der Waals surface area contributed by atoms with E-state index in [9.17, 15) is 4.79 Å². The summed E-state index contributed by atoms with van der Waals surface area (Å²) in [4.78, 5) is 18.9. The Labute approximate surface area is 139 Å². The van der Waals surface area contributed by atoms with Crippen LogP contribution >= 0.6 is 24.8 Å². The molecule has 1 aliphatic heterocycles. The first-order valence-corrected chi connectivity index (χ1v) is 7.10. The van der Waals surface area contributed by atoms with Crippen LogP contribution in [-0.4, -0.2) is 34.4 Å². The maximum absolute atomic E-state index is 12.7. The first-order valence-electron chi connectivity index (χ1n) is 7.10. The molecule has 1 atom stereocenters. The molecule has 0 aliphatic carbocycles. The normalized spacial score (nSPS) is 20.9. The fourth-order valence-electron chi connectivity index (χ4n) is 2.60. The highest BCUT2D eigenvalue weighted by Crippen LogP contribution is 2.22. The van der Waals surface area contributed by atoms with Crippen molar-refractivity contribution in [3.05, 3.63) is 30.1 Å². The molecular formula is C15H25Cl2N3O. The van der Waals surface area contributed by atoms with Gasteiger partial charge in [0.1, 0.15) is 0 Å². The molecule has 1 fully saturated rings. The molecule has 120 valence electrons. The van der Waals surface area contributed by atoms with Gasteiger partial charge in [0.15, 0.2) is 0 Å². The molecule has 21 heavy (non-hydrogen) atoms. The Morgan fingerprint density at radius 2 is 2.14 bits per heavy atom. The van der Waals surface area contributed by atoms with E-state index >= 15 is 0 Å². The minimum atomic E-state index is -0.400. The Morgan fingerprint density at radius 3 is 2.67 bits per heavy atom. The van der Waals surface area contributed by atoms with Gasteiger partial charge in [-0.05, 0) is 51.8 Å². The van der Waals surface area contributed by atoms with Crippen LogP contribution in [0.2, 0.25) is 0 Å². The highest BCUT2D eigenvalue weighted by atomic mass is 35.5. The number of likely N-dealkylation sites (N-methyl/N-ethyl adjacent to an activating group) is 1. The third-order valence-electron chi connectivity index (χ3n) is 3.84. The molecule has 4 nitrogen and oxygen atoms in total. The first kappa shape index (κ1) is 20.2. The molecule has 1 unspecified atom stereocenters. The van der Waals surface area contributed by atoms with Gasteiger partial charge in [0, 0.05) is 12.7 Å². The van der Waals surface area contributed by atoms with E-state index in [-0.39, 0.29) is 30.7 Å². The second-order valence-corrected chi connectivity index (χ2v) is 5.36. The molecule has 1 aromatic rings. The number of nitrogens with one attached hydrogen (secondary N) is 1. The van der Waals surface area contributed by atoms with Crippen LogP contribution in [0.1, 0.15) is 38.8 Å². The van der Waals surface area contributed by atoms with Crippen molar-refractivity contribution >= 4 is 30.7 Å². The van der Waals surface area contributed by atoms with Gasteiger partial charge in [-0.1, -0.05) is 6.07 Å². The van der Waals surface area contributed by atoms with Crippen molar-refractivity contribution in [2.45, 2.75) is 45.2 Å². The van der Waals surface area contributed by atoms with Crippen LogP contribution in [-0.2, 0) is 11.3 Å². The molecule has 0 saturated carbocycles. The van der Waals surface area contributed by atoms with Crippen LogP contribution < -0.4 is 5.32 Å². The largest absolute Gasteiger partial charge is 0.335 e. The quantitative estimate of drug-likeness (QED) is 0.921. The Balaban J connectivity index is 0.00000200. The summed E-state index contributed by atoms with van der Waals surface area (Å²) in [6.07, 6.45) is 4.98. The summed E-state index contributed by atoms with van der Waals surface area (Å²) in [7, 11) is 0. The molecular weight excluding hydrogens is 309 g/mol. The molecule has 1 N–H and O–H groups in total. The van der Waals surface area contributed by atoms with E-state index in [1.807, 2.05) is 36.9 Å². The van der Waals surface area contributed by atoms with Crippen molar-refractivity contribution in [2.75, 3.05) is 13.1 Å². The third-order valence-corrected chi connectivity index (χ3v) is 3.84. The van der Waals surface area contributed by atoms with Gasteiger partial charge in [0.2, 0.25) is 5.91 Å². The summed E-state index contributed by atoms with van der Waals surface area (Å²) in [5, 5.41) is 3.38. The molecule has 1 saturated heterocycles. The zero-order valence-electron chi connectivity index (χ0n) is 12.7. The number of nitrogens with zero attached hydrogens (tertiary/aromatic N) is 2. The molecule has 2 heterocycles. The second kappa shape index (κ2) is 9.23. The summed E-state index contributed by atoms with van der Waals surface area (Å²) in [5.41, 5.74) is 0.542. The predicted octanol–water partition coefficient (Wildman–Crippen LogP) is 2.81. The lowest BCUT2D eigenvalue weighted by Crippen LogP contribution is -2.57. The van der Waals surface area contributed by atoms with Gasteiger partial charge in [0.25, 0.3) is 0 Å². The van der Waals surface area contributed by atoms with E-state index in [0.29, 0.717) is 13.1 Å². The number of pyridine rings is 1. The monoisotopic (exact) mass is 333 g/mol. The lowest BCUT2D eigenvalue weighted by molar-refractivity contribution is -0.139. The maximum Gasteiger partial charge on any atom is 0.242 e. The van der Waals surface area contributed by atoms with Crippen LogP contribution in [0.4, 0.5) is 0 Å². The standard InChI is InChI=1S/C15H23N3O.2ClH/c1-3-18(12-13-8-4-6-10-16-13)14(19)15(2)9-5-7-11-17-15;;/h4,6,8,10,17H,3,5,7,9,11-12H2,1-2H3;2*1H. The summed E-state index contributed by atoms with van der Waals surface area (Å²) >= 11 is 0. The smallest absolute Gasteiger partial charge is 0.242 e. The van der Waals surface area contributed by atoms with Gasteiger partial charge < -0.3 is 10.2 Å². The average molecular weight is 334 g/mol. The Bertz CT molecular complexity index is 422. The molecule has 0 spiro atoms. The summed E-state index contributed by atoms with van der Waals surface area (Å²) in [5.74, 6) is 0.195. The topological polar surface area (TPSA) is 45.2 Å². The van der Waals surface area contributed by atoms with E-state index in [2.05, 4.69) is 10.3 Å². The van der Waals surface area contributed by atoms with Gasteiger partial charge in [-0.3, -0.25) is 9.78 Å². The van der Waals surface area contributed by atoms with E-state index in [1.165, 1.54) is 0 Å². The second-order valence-electron chi connectivity index (χ2n) is 5.36. The molecule has 1 amide bonds. The van der Waals surface area contributed by atoms with Crippen molar-refractivity contribution < 1.29 is 4.79 Å². The molecule has 0 radical (unpaired) electrons.